The third-order valence-corrected chi connectivity index (χ3v) is 0. The largest absolute Gasteiger partial charge is 2.00 e. The van der Waals surface area contributed by atoms with Crippen molar-refractivity contribution >= 4 is 106 Å². The third-order valence-electron chi connectivity index (χ3n) is 0. The molecular formula is CaMgN3O9Sr+3. The van der Waals surface area contributed by atoms with Gasteiger partial charge in [-0.15, -0.1) is 0 Å². The van der Waals surface area contributed by atoms with Crippen LogP contribution in [0.4, 0.5) is 0 Å². The van der Waals surface area contributed by atoms with Crippen molar-refractivity contribution in [2.45, 2.75) is 0 Å². The molecule has 0 saturated carbocycles. The van der Waals surface area contributed by atoms with Crippen LogP contribution in [0.2, 0.25) is 0 Å². The minimum Gasteiger partial charge on any atom is -0.356 e. The molecule has 0 N–H and O–H groups in total. The summed E-state index contributed by atoms with van der Waals surface area (Å²) < 4.78 is 0. The van der Waals surface area contributed by atoms with Crippen molar-refractivity contribution < 1.29 is 15.3 Å². The van der Waals surface area contributed by atoms with Crippen LogP contribution in [0, 0.1) is 46.0 Å². The molecule has 0 bridgehead atoms. The second-order valence-electron chi connectivity index (χ2n) is 0.671. The Kier molecular flexibility index (Phi) is 70.6. The number of rotatable bonds is 0. The summed E-state index contributed by atoms with van der Waals surface area (Å²) in [5, 5.41) is 44.2. The maximum absolute atomic E-state index is 8.25. The molecule has 12 nitrogen and oxygen atoms in total. The van der Waals surface area contributed by atoms with Crippen molar-refractivity contribution in [3.05, 3.63) is 46.0 Å². The SMILES string of the molecule is O=[N+]([O-])[O-].O=[N+]([O-])[O-].O=[N+]([O-])[O-].[Ca+2].[Mg+2].[Sr+2]. The van der Waals surface area contributed by atoms with E-state index in [2.05, 4.69) is 0 Å². The van der Waals surface area contributed by atoms with Crippen molar-refractivity contribution in [3.8, 4) is 0 Å². The van der Waals surface area contributed by atoms with Crippen LogP contribution in [0.5, 0.6) is 0 Å². The van der Waals surface area contributed by atoms with Gasteiger partial charge in [-0.05, 0) is 0 Å². The van der Waals surface area contributed by atoms with Crippen molar-refractivity contribution in [1.29, 1.82) is 0 Å². The standard InChI is InChI=1S/Ca.Mg.3NO3.Sr/c;;3*2-1(3)4;/q2*+2;3*-1;+2. The first-order valence-corrected chi connectivity index (χ1v) is 1.64. The Morgan fingerprint density at radius 2 is 0.600 bits per heavy atom. The summed E-state index contributed by atoms with van der Waals surface area (Å²) in [7, 11) is 0. The van der Waals surface area contributed by atoms with E-state index in [-0.39, 0.29) is 106 Å². The maximum Gasteiger partial charge on any atom is 2.00 e. The van der Waals surface area contributed by atoms with Gasteiger partial charge in [-0.25, -0.2) is 0 Å². The van der Waals surface area contributed by atoms with Crippen LogP contribution >= 0.6 is 0 Å². The molecule has 0 heterocycles. The van der Waals surface area contributed by atoms with Gasteiger partial charge in [-0.3, -0.25) is 0 Å². The van der Waals surface area contributed by atoms with Crippen molar-refractivity contribution in [2.75, 3.05) is 0 Å². The van der Waals surface area contributed by atoms with Crippen LogP contribution in [0.25, 0.3) is 0 Å². The Morgan fingerprint density at radius 1 is 0.600 bits per heavy atom. The normalized spacial score (nSPS) is 4.80. The molecule has 0 fully saturated rings. The molecule has 0 unspecified atom stereocenters. The predicted octanol–water partition coefficient (Wildman–Crippen LogP) is -1.86. The first kappa shape index (κ1) is 36.0. The molecule has 0 aromatic rings. The van der Waals surface area contributed by atoms with E-state index in [9.17, 15) is 0 Å². The summed E-state index contributed by atoms with van der Waals surface area (Å²) >= 11 is 0. The van der Waals surface area contributed by atoms with E-state index in [4.69, 9.17) is 46.0 Å². The quantitative estimate of drug-likeness (QED) is 0.276. The topological polar surface area (TPSA) is 199 Å². The summed E-state index contributed by atoms with van der Waals surface area (Å²) in [4.78, 5) is 24.8. The van der Waals surface area contributed by atoms with E-state index in [0.29, 0.717) is 0 Å². The van der Waals surface area contributed by atoms with Gasteiger partial charge in [0.15, 0.2) is 0 Å². The number of hydrogen-bond acceptors (Lipinski definition) is 9. The first-order chi connectivity index (χ1) is 5.20. The van der Waals surface area contributed by atoms with Crippen molar-refractivity contribution in [1.82, 2.24) is 0 Å². The Balaban J connectivity index is -0.0000000184. The van der Waals surface area contributed by atoms with Gasteiger partial charge in [0.25, 0.3) is 0 Å². The molecule has 0 aromatic heterocycles. The predicted molar refractivity (Wildman–Crippen MR) is 48.3 cm³/mol. The Labute approximate surface area is 164 Å². The molecular weight excluding hydrogens is 338 g/mol. The molecule has 0 spiro atoms. The Bertz CT molecular complexity index is 123. The van der Waals surface area contributed by atoms with Crippen LogP contribution in [0.1, 0.15) is 0 Å². The molecule has 15 heteroatoms. The molecule has 0 radical (unpaired) electrons. The molecule has 0 aliphatic carbocycles. The van der Waals surface area contributed by atoms with E-state index >= 15 is 0 Å². The molecule has 0 aliphatic heterocycles. The Morgan fingerprint density at radius 3 is 0.600 bits per heavy atom. The Hall–Kier alpha value is 1.11. The van der Waals surface area contributed by atoms with Gasteiger partial charge in [-0.1, -0.05) is 0 Å². The number of nitrogens with zero attached hydrogens (tertiary/aromatic N) is 3. The third kappa shape index (κ3) is 2120. The monoisotopic (exact) mass is 338 g/mol. The van der Waals surface area contributed by atoms with Gasteiger partial charge in [0.1, 0.15) is 0 Å². The second-order valence-corrected chi connectivity index (χ2v) is 0.671. The van der Waals surface area contributed by atoms with Crippen molar-refractivity contribution in [2.24, 2.45) is 0 Å². The summed E-state index contributed by atoms with van der Waals surface area (Å²) in [5.74, 6) is 0. The van der Waals surface area contributed by atoms with Crippen LogP contribution in [-0.2, 0) is 0 Å². The van der Waals surface area contributed by atoms with Gasteiger partial charge in [-0.2, -0.15) is 0 Å². The van der Waals surface area contributed by atoms with Crippen molar-refractivity contribution in [3.63, 3.8) is 0 Å². The zero-order valence-corrected chi connectivity index (χ0v) is 14.2. The molecule has 0 saturated heterocycles. The molecule has 0 aliphatic rings. The first-order valence-electron chi connectivity index (χ1n) is 1.64. The van der Waals surface area contributed by atoms with Gasteiger partial charge >= 0.3 is 106 Å². The van der Waals surface area contributed by atoms with Crippen LogP contribution in [-0.4, -0.2) is 122 Å². The van der Waals surface area contributed by atoms with Crippen LogP contribution in [0.3, 0.4) is 0 Å². The van der Waals surface area contributed by atoms with Crippen LogP contribution in [0.15, 0.2) is 0 Å². The van der Waals surface area contributed by atoms with E-state index in [1.165, 1.54) is 0 Å². The molecule has 0 atom stereocenters. The average Bonchev–Trinajstić information content (AvgIpc) is 1.54. The maximum atomic E-state index is 8.25. The summed E-state index contributed by atoms with van der Waals surface area (Å²) in [5.41, 5.74) is 0. The van der Waals surface area contributed by atoms with E-state index < -0.39 is 15.3 Å². The molecule has 72 valence electrons. The van der Waals surface area contributed by atoms with Gasteiger partial charge in [0.05, 0.1) is 15.3 Å². The summed E-state index contributed by atoms with van der Waals surface area (Å²) in [6, 6.07) is 0. The van der Waals surface area contributed by atoms with Gasteiger partial charge in [0, 0.05) is 0 Å². The molecule has 15 heavy (non-hydrogen) atoms. The fourth-order valence-corrected chi connectivity index (χ4v) is 0. The van der Waals surface area contributed by atoms with Gasteiger partial charge in [0.2, 0.25) is 0 Å². The van der Waals surface area contributed by atoms with E-state index in [0.717, 1.165) is 0 Å². The minimum atomic E-state index is -1.75. The van der Waals surface area contributed by atoms with Gasteiger partial charge < -0.3 is 46.0 Å². The van der Waals surface area contributed by atoms with E-state index in [1.807, 2.05) is 0 Å². The smallest absolute Gasteiger partial charge is 0.356 e. The summed E-state index contributed by atoms with van der Waals surface area (Å²) in [6.07, 6.45) is 0. The average molecular weight is 338 g/mol. The zero-order chi connectivity index (χ0) is 10.7. The number of hydrogen-bond donors (Lipinski definition) is 0. The summed E-state index contributed by atoms with van der Waals surface area (Å²) in [6.45, 7) is 0. The molecule has 0 amide bonds. The van der Waals surface area contributed by atoms with Crippen LogP contribution < -0.4 is 0 Å². The fraction of sp³-hybridized carbons (Fsp3) is 0. The zero-order valence-electron chi connectivity index (χ0n) is 7.14. The molecule has 0 rings (SSSR count). The van der Waals surface area contributed by atoms with E-state index in [1.54, 1.807) is 0 Å². The minimum absolute atomic E-state index is 0. The second kappa shape index (κ2) is 29.4. The molecule has 0 aromatic carbocycles. The fourth-order valence-electron chi connectivity index (χ4n) is 0.